The van der Waals surface area contributed by atoms with Crippen LogP contribution in [-0.4, -0.2) is 38.4 Å². The number of aromatic nitrogens is 3. The first-order valence-electron chi connectivity index (χ1n) is 5.26. The SMILES string of the molecule is CC(O)C(N)CNc1nc2c(Br)cccn2n1. The Hall–Kier alpha value is -1.18. The summed E-state index contributed by atoms with van der Waals surface area (Å²) < 4.78 is 2.54. The van der Waals surface area contributed by atoms with Gasteiger partial charge in [0.15, 0.2) is 5.65 Å². The molecule has 4 N–H and O–H groups in total. The molecule has 0 aromatic carbocycles. The van der Waals surface area contributed by atoms with Crippen molar-refractivity contribution in [1.29, 1.82) is 0 Å². The number of nitrogens with one attached hydrogen (secondary N) is 1. The number of anilines is 1. The van der Waals surface area contributed by atoms with Crippen molar-refractivity contribution in [2.24, 2.45) is 5.73 Å². The van der Waals surface area contributed by atoms with Crippen LogP contribution in [0.4, 0.5) is 5.95 Å². The fourth-order valence-electron chi connectivity index (χ4n) is 1.33. The molecule has 2 rings (SSSR count). The summed E-state index contributed by atoms with van der Waals surface area (Å²) in [5.74, 6) is 0.494. The highest BCUT2D eigenvalue weighted by Gasteiger charge is 2.11. The van der Waals surface area contributed by atoms with Crippen LogP contribution in [0.15, 0.2) is 22.8 Å². The molecule has 92 valence electrons. The largest absolute Gasteiger partial charge is 0.392 e. The van der Waals surface area contributed by atoms with Crippen molar-refractivity contribution in [3.63, 3.8) is 0 Å². The quantitative estimate of drug-likeness (QED) is 0.770. The topological polar surface area (TPSA) is 88.5 Å². The first kappa shape index (κ1) is 12.3. The molecule has 0 saturated carbocycles. The Morgan fingerprint density at radius 1 is 1.65 bits per heavy atom. The standard InChI is InChI=1S/C10H14BrN5O/c1-6(17)8(12)5-13-10-14-9-7(11)3-2-4-16(9)15-10/h2-4,6,8,17H,5,12H2,1H3,(H,13,15). The van der Waals surface area contributed by atoms with E-state index in [4.69, 9.17) is 5.73 Å². The van der Waals surface area contributed by atoms with E-state index in [9.17, 15) is 5.11 Å². The first-order valence-corrected chi connectivity index (χ1v) is 6.05. The van der Waals surface area contributed by atoms with E-state index < -0.39 is 6.10 Å². The number of hydrogen-bond donors (Lipinski definition) is 3. The molecule has 2 unspecified atom stereocenters. The Balaban J connectivity index is 2.12. The van der Waals surface area contributed by atoms with Gasteiger partial charge < -0.3 is 16.2 Å². The second-order valence-electron chi connectivity index (χ2n) is 3.85. The first-order chi connectivity index (χ1) is 8.08. The van der Waals surface area contributed by atoms with Crippen LogP contribution in [0.25, 0.3) is 5.65 Å². The lowest BCUT2D eigenvalue weighted by Gasteiger charge is -2.13. The second-order valence-corrected chi connectivity index (χ2v) is 4.70. The fourth-order valence-corrected chi connectivity index (χ4v) is 1.75. The molecular weight excluding hydrogens is 286 g/mol. The summed E-state index contributed by atoms with van der Waals surface area (Å²) in [6, 6.07) is 3.43. The van der Waals surface area contributed by atoms with Crippen molar-refractivity contribution in [2.45, 2.75) is 19.1 Å². The number of hydrogen-bond acceptors (Lipinski definition) is 5. The summed E-state index contributed by atoms with van der Waals surface area (Å²) in [5, 5.41) is 16.5. The Morgan fingerprint density at radius 2 is 2.41 bits per heavy atom. The van der Waals surface area contributed by atoms with Gasteiger partial charge >= 0.3 is 0 Å². The average Bonchev–Trinajstić information content (AvgIpc) is 2.70. The third-order valence-corrected chi connectivity index (χ3v) is 3.05. The minimum atomic E-state index is -0.564. The van der Waals surface area contributed by atoms with Gasteiger partial charge in [0.25, 0.3) is 0 Å². The Labute approximate surface area is 107 Å². The van der Waals surface area contributed by atoms with Crippen LogP contribution in [0.3, 0.4) is 0 Å². The maximum absolute atomic E-state index is 9.26. The molecule has 0 spiro atoms. The molecule has 7 heteroatoms. The molecule has 0 bridgehead atoms. The lowest BCUT2D eigenvalue weighted by atomic mass is 10.2. The van der Waals surface area contributed by atoms with E-state index >= 15 is 0 Å². The van der Waals surface area contributed by atoms with Gasteiger partial charge in [0.05, 0.1) is 10.6 Å². The molecule has 0 aliphatic rings. The highest BCUT2D eigenvalue weighted by atomic mass is 79.9. The highest BCUT2D eigenvalue weighted by molar-refractivity contribution is 9.10. The third kappa shape index (κ3) is 2.74. The molecule has 6 nitrogen and oxygen atoms in total. The predicted molar refractivity (Wildman–Crippen MR) is 68.8 cm³/mol. The van der Waals surface area contributed by atoms with Crippen molar-refractivity contribution >= 4 is 27.5 Å². The van der Waals surface area contributed by atoms with Crippen LogP contribution < -0.4 is 11.1 Å². The van der Waals surface area contributed by atoms with E-state index in [2.05, 4.69) is 31.3 Å². The maximum Gasteiger partial charge on any atom is 0.243 e. The summed E-state index contributed by atoms with van der Waals surface area (Å²) >= 11 is 3.40. The maximum atomic E-state index is 9.26. The van der Waals surface area contributed by atoms with Gasteiger partial charge in [0, 0.05) is 18.8 Å². The number of aliphatic hydroxyl groups excluding tert-OH is 1. The van der Waals surface area contributed by atoms with Gasteiger partial charge in [-0.25, -0.2) is 4.52 Å². The van der Waals surface area contributed by atoms with Crippen LogP contribution in [0, 0.1) is 0 Å². The van der Waals surface area contributed by atoms with Gasteiger partial charge in [0.1, 0.15) is 0 Å². The number of nitrogens with two attached hydrogens (primary N) is 1. The Kier molecular flexibility index (Phi) is 3.60. The molecule has 0 aliphatic heterocycles. The van der Waals surface area contributed by atoms with E-state index in [-0.39, 0.29) is 6.04 Å². The fraction of sp³-hybridized carbons (Fsp3) is 0.400. The summed E-state index contributed by atoms with van der Waals surface area (Å²) in [7, 11) is 0. The monoisotopic (exact) mass is 299 g/mol. The lowest BCUT2D eigenvalue weighted by Crippen LogP contribution is -2.38. The van der Waals surface area contributed by atoms with E-state index in [1.807, 2.05) is 18.3 Å². The van der Waals surface area contributed by atoms with Crippen LogP contribution in [-0.2, 0) is 0 Å². The van der Waals surface area contributed by atoms with Gasteiger partial charge in [-0.15, -0.1) is 5.10 Å². The molecule has 2 heterocycles. The molecule has 2 aromatic heterocycles. The van der Waals surface area contributed by atoms with Gasteiger partial charge in [-0.1, -0.05) is 0 Å². The van der Waals surface area contributed by atoms with Crippen molar-refractivity contribution in [3.8, 4) is 0 Å². The lowest BCUT2D eigenvalue weighted by molar-refractivity contribution is 0.168. The predicted octanol–water partition coefficient (Wildman–Crippen LogP) is 0.612. The zero-order valence-electron chi connectivity index (χ0n) is 9.34. The molecule has 0 aliphatic carbocycles. The smallest absolute Gasteiger partial charge is 0.243 e. The number of aliphatic hydroxyl groups is 1. The number of nitrogens with zero attached hydrogens (tertiary/aromatic N) is 3. The van der Waals surface area contributed by atoms with E-state index in [0.717, 1.165) is 10.1 Å². The van der Waals surface area contributed by atoms with Gasteiger partial charge in [-0.05, 0) is 35.0 Å². The number of halogens is 1. The van der Waals surface area contributed by atoms with Gasteiger partial charge in [-0.3, -0.25) is 0 Å². The van der Waals surface area contributed by atoms with Crippen LogP contribution in [0.2, 0.25) is 0 Å². The molecule has 0 amide bonds. The van der Waals surface area contributed by atoms with Crippen LogP contribution in [0.5, 0.6) is 0 Å². The summed E-state index contributed by atoms with van der Waals surface area (Å²) in [6.45, 7) is 2.08. The molecule has 2 atom stereocenters. The minimum Gasteiger partial charge on any atom is -0.392 e. The van der Waals surface area contributed by atoms with E-state index in [1.165, 1.54) is 0 Å². The van der Waals surface area contributed by atoms with Crippen molar-refractivity contribution in [1.82, 2.24) is 14.6 Å². The van der Waals surface area contributed by atoms with Gasteiger partial charge in [0.2, 0.25) is 5.95 Å². The summed E-state index contributed by atoms with van der Waals surface area (Å²) in [4.78, 5) is 4.30. The van der Waals surface area contributed by atoms with Gasteiger partial charge in [-0.2, -0.15) is 4.98 Å². The van der Waals surface area contributed by atoms with Crippen molar-refractivity contribution in [3.05, 3.63) is 22.8 Å². The van der Waals surface area contributed by atoms with Crippen molar-refractivity contribution in [2.75, 3.05) is 11.9 Å². The number of fused-ring (bicyclic) bond motifs is 1. The molecule has 17 heavy (non-hydrogen) atoms. The zero-order chi connectivity index (χ0) is 12.4. The molecule has 0 radical (unpaired) electrons. The molecular formula is C10H14BrN5O. The van der Waals surface area contributed by atoms with Crippen LogP contribution >= 0.6 is 15.9 Å². The molecule has 2 aromatic rings. The minimum absolute atomic E-state index is 0.343. The van der Waals surface area contributed by atoms with E-state index in [1.54, 1.807) is 11.4 Å². The van der Waals surface area contributed by atoms with Crippen LogP contribution in [0.1, 0.15) is 6.92 Å². The normalized spacial score (nSPS) is 14.8. The average molecular weight is 300 g/mol. The molecule has 0 fully saturated rings. The van der Waals surface area contributed by atoms with Crippen molar-refractivity contribution < 1.29 is 5.11 Å². The second kappa shape index (κ2) is 4.99. The van der Waals surface area contributed by atoms with E-state index in [0.29, 0.717) is 12.5 Å². The third-order valence-electron chi connectivity index (χ3n) is 2.43. The molecule has 0 saturated heterocycles. The summed E-state index contributed by atoms with van der Waals surface area (Å²) in [6.07, 6.45) is 1.25. The highest BCUT2D eigenvalue weighted by Crippen LogP contribution is 2.16. The summed E-state index contributed by atoms with van der Waals surface area (Å²) in [5.41, 5.74) is 6.44. The Bertz CT molecular complexity index is 512. The number of rotatable bonds is 4. The Morgan fingerprint density at radius 3 is 3.06 bits per heavy atom. The zero-order valence-corrected chi connectivity index (χ0v) is 10.9. The number of pyridine rings is 1.